The first-order valence-electron chi connectivity index (χ1n) is 14.7. The molecule has 2 atom stereocenters. The fourth-order valence-corrected chi connectivity index (χ4v) is 7.28. The summed E-state index contributed by atoms with van der Waals surface area (Å²) in [6.45, 7) is 4.84. The Morgan fingerprint density at radius 3 is 2.26 bits per heavy atom. The van der Waals surface area contributed by atoms with Crippen molar-refractivity contribution in [1.29, 1.82) is 0 Å². The third-order valence-electron chi connectivity index (χ3n) is 10.2. The van der Waals surface area contributed by atoms with Crippen molar-refractivity contribution in [1.82, 2.24) is 10.6 Å². The first-order valence-corrected chi connectivity index (χ1v) is 14.7. The minimum atomic E-state index is -0.592. The fourth-order valence-electron chi connectivity index (χ4n) is 7.28. The summed E-state index contributed by atoms with van der Waals surface area (Å²) in [5.41, 5.74) is 0.0238. The van der Waals surface area contributed by atoms with Crippen LogP contribution < -0.4 is 20.1 Å². The number of carbonyl (C=O) groups is 3. The molecular formula is C31H43FN2O5. The lowest BCUT2D eigenvalue weighted by molar-refractivity contribution is -0.132. The predicted octanol–water partition coefficient (Wildman–Crippen LogP) is 5.20. The molecule has 2 N–H and O–H groups in total. The van der Waals surface area contributed by atoms with E-state index in [2.05, 4.69) is 17.6 Å². The number of hydrogen-bond acceptors (Lipinski definition) is 5. The molecule has 214 valence electrons. The van der Waals surface area contributed by atoms with Gasteiger partial charge in [-0.25, -0.2) is 4.39 Å². The van der Waals surface area contributed by atoms with Crippen molar-refractivity contribution in [2.75, 3.05) is 13.7 Å². The Morgan fingerprint density at radius 1 is 1.00 bits per heavy atom. The highest BCUT2D eigenvalue weighted by atomic mass is 19.1. The zero-order chi connectivity index (χ0) is 27.8. The third-order valence-corrected chi connectivity index (χ3v) is 10.2. The molecule has 6 rings (SSSR count). The summed E-state index contributed by atoms with van der Waals surface area (Å²) in [4.78, 5) is 38.5. The Kier molecular flexibility index (Phi) is 7.93. The highest BCUT2D eigenvalue weighted by Gasteiger charge is 2.48. The molecule has 5 aliphatic carbocycles. The quantitative estimate of drug-likeness (QED) is 0.418. The molecule has 7 nitrogen and oxygen atoms in total. The van der Waals surface area contributed by atoms with Crippen molar-refractivity contribution in [3.05, 3.63) is 23.5 Å². The smallest absolute Gasteiger partial charge is 0.255 e. The van der Waals surface area contributed by atoms with E-state index in [-0.39, 0.29) is 69.6 Å². The van der Waals surface area contributed by atoms with E-state index in [1.807, 2.05) is 6.92 Å². The molecule has 1 aromatic rings. The van der Waals surface area contributed by atoms with E-state index in [0.717, 1.165) is 44.8 Å². The monoisotopic (exact) mass is 542 g/mol. The van der Waals surface area contributed by atoms with Gasteiger partial charge in [-0.05, 0) is 87.5 Å². The summed E-state index contributed by atoms with van der Waals surface area (Å²) in [6, 6.07) is 2.35. The number of benzene rings is 1. The van der Waals surface area contributed by atoms with Crippen molar-refractivity contribution in [2.24, 2.45) is 28.6 Å². The van der Waals surface area contributed by atoms with Gasteiger partial charge in [0, 0.05) is 24.1 Å². The van der Waals surface area contributed by atoms with Gasteiger partial charge in [0.2, 0.25) is 5.91 Å². The second-order valence-corrected chi connectivity index (χ2v) is 13.2. The zero-order valence-corrected chi connectivity index (χ0v) is 23.5. The van der Waals surface area contributed by atoms with Gasteiger partial charge in [0.1, 0.15) is 12.0 Å². The van der Waals surface area contributed by atoms with Crippen LogP contribution in [-0.4, -0.2) is 43.9 Å². The van der Waals surface area contributed by atoms with E-state index >= 15 is 0 Å². The van der Waals surface area contributed by atoms with Gasteiger partial charge in [-0.1, -0.05) is 20.3 Å². The van der Waals surface area contributed by atoms with Crippen LogP contribution in [-0.2, 0) is 9.59 Å². The molecule has 0 radical (unpaired) electrons. The Labute approximate surface area is 231 Å². The van der Waals surface area contributed by atoms with Gasteiger partial charge in [-0.2, -0.15) is 0 Å². The minimum absolute atomic E-state index is 0.00820. The number of rotatable bonds is 9. The van der Waals surface area contributed by atoms with Crippen molar-refractivity contribution in [2.45, 2.75) is 96.6 Å². The van der Waals surface area contributed by atoms with Crippen molar-refractivity contribution >= 4 is 18.1 Å². The van der Waals surface area contributed by atoms with E-state index in [1.54, 1.807) is 0 Å². The summed E-state index contributed by atoms with van der Waals surface area (Å²) in [6.07, 6.45) is 10.9. The number of ether oxygens (including phenoxy) is 2. The average molecular weight is 543 g/mol. The van der Waals surface area contributed by atoms with E-state index < -0.39 is 5.82 Å². The van der Waals surface area contributed by atoms with Crippen LogP contribution in [0.3, 0.4) is 0 Å². The molecule has 0 spiro atoms. The van der Waals surface area contributed by atoms with Crippen LogP contribution in [0.1, 0.15) is 94.8 Å². The molecule has 2 amide bonds. The van der Waals surface area contributed by atoms with E-state index in [0.29, 0.717) is 32.2 Å². The van der Waals surface area contributed by atoms with Crippen molar-refractivity contribution in [3.8, 4) is 11.5 Å². The van der Waals surface area contributed by atoms with Crippen LogP contribution in [0.15, 0.2) is 12.1 Å². The SMILES string of the molecule is COc1cc(F)c(OC2CCC(C)(C=O)CC2)cc1C(=O)N[C@H]1C2CCC(CC2)[C@H]1C(=O)NCC1(C)CCC1. The number of hydrogen-bond donors (Lipinski definition) is 2. The van der Waals surface area contributed by atoms with Crippen LogP contribution >= 0.6 is 0 Å². The summed E-state index contributed by atoms with van der Waals surface area (Å²) < 4.78 is 26.4. The predicted molar refractivity (Wildman–Crippen MR) is 145 cm³/mol. The Morgan fingerprint density at radius 2 is 1.67 bits per heavy atom. The number of amides is 2. The molecule has 39 heavy (non-hydrogen) atoms. The lowest BCUT2D eigenvalue weighted by Crippen LogP contribution is -2.58. The molecular weight excluding hydrogens is 499 g/mol. The van der Waals surface area contributed by atoms with Crippen molar-refractivity contribution < 1.29 is 28.2 Å². The number of carbonyl (C=O) groups excluding carboxylic acids is 3. The lowest BCUT2D eigenvalue weighted by atomic mass is 9.61. The van der Waals surface area contributed by atoms with Crippen LogP contribution in [0.5, 0.6) is 11.5 Å². The lowest BCUT2D eigenvalue weighted by Gasteiger charge is -2.48. The number of halogens is 1. The molecule has 0 aliphatic heterocycles. The first-order chi connectivity index (χ1) is 18.6. The Balaban J connectivity index is 1.31. The topological polar surface area (TPSA) is 93.7 Å². The number of nitrogens with one attached hydrogen (secondary N) is 2. The van der Waals surface area contributed by atoms with Gasteiger partial charge in [0.25, 0.3) is 5.91 Å². The first kappa shape index (κ1) is 27.9. The van der Waals surface area contributed by atoms with Crippen LogP contribution in [0, 0.1) is 34.4 Å². The highest BCUT2D eigenvalue weighted by molar-refractivity contribution is 5.98. The maximum Gasteiger partial charge on any atom is 0.255 e. The van der Waals surface area contributed by atoms with Gasteiger partial charge in [-0.15, -0.1) is 0 Å². The van der Waals surface area contributed by atoms with Gasteiger partial charge in [-0.3, -0.25) is 9.59 Å². The second kappa shape index (κ2) is 11.1. The van der Waals surface area contributed by atoms with Crippen LogP contribution in [0.25, 0.3) is 0 Å². The second-order valence-electron chi connectivity index (χ2n) is 13.2. The van der Waals surface area contributed by atoms with Gasteiger partial charge in [0.15, 0.2) is 11.6 Å². The Hall–Kier alpha value is -2.64. The van der Waals surface area contributed by atoms with Gasteiger partial charge in [0.05, 0.1) is 24.7 Å². The number of aldehydes is 1. The third kappa shape index (κ3) is 5.80. The summed E-state index contributed by atoms with van der Waals surface area (Å²) in [5.74, 6) is -0.555. The summed E-state index contributed by atoms with van der Waals surface area (Å²) >= 11 is 0. The van der Waals surface area contributed by atoms with Crippen LogP contribution in [0.2, 0.25) is 0 Å². The maximum absolute atomic E-state index is 15.0. The molecule has 0 saturated heterocycles. The molecule has 8 heteroatoms. The molecule has 5 saturated carbocycles. The zero-order valence-electron chi connectivity index (χ0n) is 23.5. The summed E-state index contributed by atoms with van der Waals surface area (Å²) in [7, 11) is 1.41. The molecule has 5 fully saturated rings. The largest absolute Gasteiger partial charge is 0.496 e. The molecule has 0 aromatic heterocycles. The molecule has 0 unspecified atom stereocenters. The maximum atomic E-state index is 15.0. The molecule has 0 heterocycles. The molecule has 5 aliphatic rings. The van der Waals surface area contributed by atoms with E-state index in [9.17, 15) is 18.8 Å². The van der Waals surface area contributed by atoms with Crippen molar-refractivity contribution in [3.63, 3.8) is 0 Å². The summed E-state index contributed by atoms with van der Waals surface area (Å²) in [5, 5.41) is 6.38. The highest BCUT2D eigenvalue weighted by Crippen LogP contribution is 2.46. The van der Waals surface area contributed by atoms with E-state index in [1.165, 1.54) is 25.7 Å². The van der Waals surface area contributed by atoms with Gasteiger partial charge < -0.3 is 24.9 Å². The molecule has 1 aromatic carbocycles. The normalized spacial score (nSPS) is 33.0. The fraction of sp³-hybridized carbons (Fsp3) is 0.710. The average Bonchev–Trinajstić information content (AvgIpc) is 2.93. The van der Waals surface area contributed by atoms with E-state index in [4.69, 9.17) is 9.47 Å². The standard InChI is InChI=1S/C31H43FN2O5/c1-30(11-4-12-30)17-33-29(37)26-19-5-7-20(8-6-19)27(26)34-28(36)22-15-25(23(32)16-24(22)38-3)39-21-9-13-31(2,18-35)14-10-21/h15-16,18-21,26-27H,4-14,17H2,1-3H3,(H,33,37)(H,34,36)/t19?,20?,21?,26-,27+,31?/m1/s1. The Bertz CT molecular complexity index is 1090. The minimum Gasteiger partial charge on any atom is -0.496 e. The van der Waals surface area contributed by atoms with Gasteiger partial charge >= 0.3 is 0 Å². The van der Waals surface area contributed by atoms with Crippen LogP contribution in [0.4, 0.5) is 4.39 Å². The molecule has 2 bridgehead atoms. The number of methoxy groups -OCH3 is 1. The number of fused-ring (bicyclic) bond motifs is 3.